The maximum Gasteiger partial charge on any atom is 0.144 e. The van der Waals surface area contributed by atoms with Gasteiger partial charge in [0.15, 0.2) is 0 Å². The molecule has 0 radical (unpaired) electrons. The molecule has 0 saturated heterocycles. The van der Waals surface area contributed by atoms with E-state index in [-0.39, 0.29) is 12.4 Å². The highest BCUT2D eigenvalue weighted by Crippen LogP contribution is 2.33. The van der Waals surface area contributed by atoms with Crippen LogP contribution in [-0.4, -0.2) is 0 Å². The summed E-state index contributed by atoms with van der Waals surface area (Å²) >= 11 is 15.0. The molecular weight excluding hydrogens is 356 g/mol. The van der Waals surface area contributed by atoms with Crippen molar-refractivity contribution in [3.63, 3.8) is 0 Å². The van der Waals surface area contributed by atoms with Crippen LogP contribution in [0.25, 0.3) is 0 Å². The van der Waals surface area contributed by atoms with Crippen LogP contribution in [0.1, 0.15) is 5.56 Å². The molecule has 2 rings (SSSR count). The molecule has 100 valence electrons. The van der Waals surface area contributed by atoms with E-state index in [9.17, 15) is 4.39 Å². The summed E-state index contributed by atoms with van der Waals surface area (Å²) < 4.78 is 19.1. The zero-order valence-corrected chi connectivity index (χ0v) is 12.7. The number of nitrogen functional groups attached to an aromatic ring is 1. The van der Waals surface area contributed by atoms with Gasteiger partial charge < -0.3 is 10.5 Å². The van der Waals surface area contributed by atoms with Crippen molar-refractivity contribution in [1.29, 1.82) is 0 Å². The molecule has 0 atom stereocenters. The Kier molecular flexibility index (Phi) is 4.55. The summed E-state index contributed by atoms with van der Waals surface area (Å²) in [6.45, 7) is 0.239. The fourth-order valence-corrected chi connectivity index (χ4v) is 2.25. The summed E-state index contributed by atoms with van der Waals surface area (Å²) in [5, 5.41) is 0.735. The van der Waals surface area contributed by atoms with Crippen LogP contribution in [0.15, 0.2) is 34.8 Å². The maximum atomic E-state index is 12.9. The van der Waals surface area contributed by atoms with Gasteiger partial charge in [-0.15, -0.1) is 0 Å². The van der Waals surface area contributed by atoms with Gasteiger partial charge in [-0.25, -0.2) is 4.39 Å². The molecule has 0 amide bonds. The van der Waals surface area contributed by atoms with E-state index in [0.29, 0.717) is 26.0 Å². The molecule has 0 spiro atoms. The molecule has 0 saturated carbocycles. The second-order valence-electron chi connectivity index (χ2n) is 3.83. The van der Waals surface area contributed by atoms with Crippen molar-refractivity contribution in [3.05, 3.63) is 56.2 Å². The molecule has 2 N–H and O–H groups in total. The lowest BCUT2D eigenvalue weighted by Gasteiger charge is -2.11. The van der Waals surface area contributed by atoms with Gasteiger partial charge in [0, 0.05) is 16.1 Å². The summed E-state index contributed by atoms with van der Waals surface area (Å²) in [6, 6.07) is 7.45. The third-order valence-corrected chi connectivity index (χ3v) is 3.91. The van der Waals surface area contributed by atoms with E-state index in [4.69, 9.17) is 33.7 Å². The first-order valence-electron chi connectivity index (χ1n) is 5.28. The quantitative estimate of drug-likeness (QED) is 0.773. The van der Waals surface area contributed by atoms with Crippen LogP contribution in [0.3, 0.4) is 0 Å². The zero-order chi connectivity index (χ0) is 14.0. The van der Waals surface area contributed by atoms with Crippen molar-refractivity contribution in [2.75, 3.05) is 5.73 Å². The van der Waals surface area contributed by atoms with Gasteiger partial charge in [-0.2, -0.15) is 0 Å². The molecule has 19 heavy (non-hydrogen) atoms. The average Bonchev–Trinajstić information content (AvgIpc) is 2.34. The van der Waals surface area contributed by atoms with Crippen LogP contribution < -0.4 is 10.5 Å². The summed E-state index contributed by atoms with van der Waals surface area (Å²) in [5.74, 6) is 0.121. The van der Waals surface area contributed by atoms with E-state index in [2.05, 4.69) is 15.9 Å². The lowest BCUT2D eigenvalue weighted by molar-refractivity contribution is 0.307. The number of hydrogen-bond donors (Lipinski definition) is 1. The highest BCUT2D eigenvalue weighted by atomic mass is 79.9. The molecular formula is C13H9BrCl2FNO. The minimum Gasteiger partial charge on any atom is -0.487 e. The van der Waals surface area contributed by atoms with Gasteiger partial charge >= 0.3 is 0 Å². The Bertz CT molecular complexity index is 622. The minimum absolute atomic E-state index is 0.239. The van der Waals surface area contributed by atoms with Gasteiger partial charge in [0.05, 0.1) is 15.7 Å². The molecule has 0 unspecified atom stereocenters. The molecule has 0 fully saturated rings. The normalized spacial score (nSPS) is 10.5. The van der Waals surface area contributed by atoms with E-state index in [1.54, 1.807) is 12.1 Å². The largest absolute Gasteiger partial charge is 0.487 e. The first-order valence-corrected chi connectivity index (χ1v) is 6.83. The third-order valence-electron chi connectivity index (χ3n) is 2.45. The van der Waals surface area contributed by atoms with Crippen molar-refractivity contribution >= 4 is 44.8 Å². The van der Waals surface area contributed by atoms with E-state index < -0.39 is 0 Å². The Morgan fingerprint density at radius 1 is 1.16 bits per heavy atom. The molecule has 0 aromatic heterocycles. The van der Waals surface area contributed by atoms with Crippen molar-refractivity contribution < 1.29 is 9.13 Å². The SMILES string of the molecule is Nc1cc(Cl)c(Cl)cc1OCc1ccc(F)cc1Br. The van der Waals surface area contributed by atoms with E-state index in [1.165, 1.54) is 18.2 Å². The summed E-state index contributed by atoms with van der Waals surface area (Å²) in [5.41, 5.74) is 6.97. The van der Waals surface area contributed by atoms with Gasteiger partial charge in [0.25, 0.3) is 0 Å². The van der Waals surface area contributed by atoms with E-state index >= 15 is 0 Å². The summed E-state index contributed by atoms with van der Waals surface area (Å²) in [4.78, 5) is 0. The maximum absolute atomic E-state index is 12.9. The minimum atomic E-state index is -0.315. The third kappa shape index (κ3) is 3.53. The van der Waals surface area contributed by atoms with Gasteiger partial charge in [-0.1, -0.05) is 45.2 Å². The first kappa shape index (κ1) is 14.4. The number of ether oxygens (including phenoxy) is 1. The molecule has 0 bridgehead atoms. The molecule has 0 aliphatic rings. The van der Waals surface area contributed by atoms with Gasteiger partial charge in [-0.05, 0) is 18.2 Å². The fourth-order valence-electron chi connectivity index (χ4n) is 1.46. The van der Waals surface area contributed by atoms with Crippen LogP contribution in [0.4, 0.5) is 10.1 Å². The second-order valence-corrected chi connectivity index (χ2v) is 5.50. The number of benzene rings is 2. The Labute approximate surface area is 128 Å². The number of halogens is 4. The van der Waals surface area contributed by atoms with Crippen LogP contribution in [0, 0.1) is 5.82 Å². The van der Waals surface area contributed by atoms with Gasteiger partial charge in [0.2, 0.25) is 0 Å². The number of nitrogens with two attached hydrogens (primary N) is 1. The lowest BCUT2D eigenvalue weighted by Crippen LogP contribution is -2.00. The van der Waals surface area contributed by atoms with E-state index in [0.717, 1.165) is 5.56 Å². The van der Waals surface area contributed by atoms with Gasteiger partial charge in [-0.3, -0.25) is 0 Å². The topological polar surface area (TPSA) is 35.2 Å². The molecule has 2 aromatic carbocycles. The Hall–Kier alpha value is -0.970. The zero-order valence-electron chi connectivity index (χ0n) is 9.59. The van der Waals surface area contributed by atoms with Crippen molar-refractivity contribution in [2.24, 2.45) is 0 Å². The van der Waals surface area contributed by atoms with Crippen LogP contribution in [-0.2, 0) is 6.61 Å². The number of hydrogen-bond acceptors (Lipinski definition) is 2. The van der Waals surface area contributed by atoms with E-state index in [1.807, 2.05) is 0 Å². The monoisotopic (exact) mass is 363 g/mol. The highest BCUT2D eigenvalue weighted by Gasteiger charge is 2.08. The smallest absolute Gasteiger partial charge is 0.144 e. The van der Waals surface area contributed by atoms with Crippen LogP contribution in [0.2, 0.25) is 10.0 Å². The van der Waals surface area contributed by atoms with Crippen LogP contribution in [0.5, 0.6) is 5.75 Å². The van der Waals surface area contributed by atoms with Crippen molar-refractivity contribution in [1.82, 2.24) is 0 Å². The standard InChI is InChI=1S/C13H9BrCl2FNO/c14-9-3-8(17)2-1-7(9)6-19-13-5-11(16)10(15)4-12(13)18/h1-5H,6,18H2. The fraction of sp³-hybridized carbons (Fsp3) is 0.0769. The van der Waals surface area contributed by atoms with Crippen LogP contribution >= 0.6 is 39.1 Å². The molecule has 0 heterocycles. The Balaban J connectivity index is 2.16. The predicted octanol–water partition coefficient (Wildman–Crippen LogP) is 5.06. The highest BCUT2D eigenvalue weighted by molar-refractivity contribution is 9.10. The lowest BCUT2D eigenvalue weighted by atomic mass is 10.2. The molecule has 2 aromatic rings. The van der Waals surface area contributed by atoms with Crippen molar-refractivity contribution in [3.8, 4) is 5.75 Å². The second kappa shape index (κ2) is 5.99. The number of anilines is 1. The van der Waals surface area contributed by atoms with Gasteiger partial charge in [0.1, 0.15) is 18.2 Å². The number of rotatable bonds is 3. The predicted molar refractivity (Wildman–Crippen MR) is 79.3 cm³/mol. The summed E-state index contributed by atoms with van der Waals surface area (Å²) in [6.07, 6.45) is 0. The molecule has 0 aliphatic heterocycles. The molecule has 0 aliphatic carbocycles. The Morgan fingerprint density at radius 2 is 1.84 bits per heavy atom. The first-order chi connectivity index (χ1) is 8.97. The van der Waals surface area contributed by atoms with Crippen molar-refractivity contribution in [2.45, 2.75) is 6.61 Å². The molecule has 2 nitrogen and oxygen atoms in total. The molecule has 6 heteroatoms. The summed E-state index contributed by atoms with van der Waals surface area (Å²) in [7, 11) is 0. The average molecular weight is 365 g/mol. The Morgan fingerprint density at radius 3 is 2.53 bits per heavy atom.